The summed E-state index contributed by atoms with van der Waals surface area (Å²) in [6.45, 7) is 6.27. The number of aromatic nitrogens is 1. The summed E-state index contributed by atoms with van der Waals surface area (Å²) < 4.78 is 44.3. The maximum atomic E-state index is 13.2. The summed E-state index contributed by atoms with van der Waals surface area (Å²) >= 11 is 0.284. The van der Waals surface area contributed by atoms with Crippen molar-refractivity contribution < 1.29 is 27.5 Å². The third-order valence-corrected chi connectivity index (χ3v) is 4.39. The number of thioether (sulfide) groups is 1. The molecule has 0 aliphatic heterocycles. The molecule has 0 bridgehead atoms. The molecule has 25 heavy (non-hydrogen) atoms. The highest BCUT2D eigenvalue weighted by Gasteiger charge is 2.42. The zero-order valence-electron chi connectivity index (χ0n) is 14.3. The molecule has 0 aliphatic rings. The summed E-state index contributed by atoms with van der Waals surface area (Å²) in [7, 11) is 0. The van der Waals surface area contributed by atoms with E-state index in [2.05, 4.69) is 4.98 Å². The van der Waals surface area contributed by atoms with E-state index in [1.165, 1.54) is 13.0 Å². The number of alkyl halides is 3. The molecule has 0 unspecified atom stereocenters. The number of ketones is 1. The second kappa shape index (κ2) is 8.55. The van der Waals surface area contributed by atoms with E-state index in [4.69, 9.17) is 4.74 Å². The summed E-state index contributed by atoms with van der Waals surface area (Å²) in [5, 5.41) is -2.10. The van der Waals surface area contributed by atoms with Crippen LogP contribution in [0.2, 0.25) is 0 Å². The number of H-pyrrole nitrogens is 1. The molecule has 0 aromatic carbocycles. The van der Waals surface area contributed by atoms with Gasteiger partial charge in [0.25, 0.3) is 5.56 Å². The third kappa shape index (κ3) is 6.56. The van der Waals surface area contributed by atoms with Crippen LogP contribution in [0.4, 0.5) is 13.2 Å². The number of carbonyl (C=O) groups is 2. The number of Topliss-reactive ketones (excluding diaryl/α,β-unsaturated/α-hetero) is 1. The van der Waals surface area contributed by atoms with Crippen LogP contribution in [0, 0.1) is 13.8 Å². The van der Waals surface area contributed by atoms with Gasteiger partial charge < -0.3 is 9.72 Å². The van der Waals surface area contributed by atoms with Crippen LogP contribution < -0.4 is 5.56 Å². The van der Waals surface area contributed by atoms with Gasteiger partial charge in [-0.05, 0) is 39.3 Å². The summed E-state index contributed by atoms with van der Waals surface area (Å²) in [6, 6.07) is 1.52. The van der Waals surface area contributed by atoms with Crippen molar-refractivity contribution in [1.82, 2.24) is 4.98 Å². The second-order valence-corrected chi connectivity index (χ2v) is 7.04. The fourth-order valence-electron chi connectivity index (χ4n) is 2.21. The van der Waals surface area contributed by atoms with Crippen molar-refractivity contribution in [2.45, 2.75) is 51.6 Å². The summed E-state index contributed by atoms with van der Waals surface area (Å²) in [6.07, 6.45) is -6.05. The molecule has 0 spiro atoms. The number of nitrogens with one attached hydrogen (secondary N) is 1. The van der Waals surface area contributed by atoms with Crippen molar-refractivity contribution in [1.29, 1.82) is 0 Å². The molecule has 1 heterocycles. The number of esters is 1. The van der Waals surface area contributed by atoms with Crippen LogP contribution >= 0.6 is 11.8 Å². The molecule has 0 radical (unpaired) electrons. The maximum absolute atomic E-state index is 13.2. The van der Waals surface area contributed by atoms with E-state index in [0.717, 1.165) is 0 Å². The van der Waals surface area contributed by atoms with E-state index in [-0.39, 0.29) is 17.3 Å². The van der Waals surface area contributed by atoms with Crippen molar-refractivity contribution in [2.24, 2.45) is 0 Å². The zero-order chi connectivity index (χ0) is 19.4. The van der Waals surface area contributed by atoms with Gasteiger partial charge in [-0.15, -0.1) is 11.8 Å². The Labute approximate surface area is 147 Å². The Bertz CT molecular complexity index is 698. The first-order chi connectivity index (χ1) is 11.4. The molecule has 1 aromatic heterocycles. The number of aromatic amines is 1. The van der Waals surface area contributed by atoms with Crippen LogP contribution in [0.25, 0.3) is 0 Å². The minimum Gasteiger partial charge on any atom is -0.462 e. The maximum Gasteiger partial charge on any atom is 0.401 e. The van der Waals surface area contributed by atoms with Crippen molar-refractivity contribution in [3.05, 3.63) is 33.2 Å². The van der Waals surface area contributed by atoms with E-state index in [9.17, 15) is 27.6 Å². The van der Waals surface area contributed by atoms with Gasteiger partial charge in [0, 0.05) is 12.1 Å². The average molecular weight is 379 g/mol. The van der Waals surface area contributed by atoms with Gasteiger partial charge in [0.15, 0.2) is 5.78 Å². The monoisotopic (exact) mass is 379 g/mol. The van der Waals surface area contributed by atoms with Crippen LogP contribution in [0.3, 0.4) is 0 Å². The lowest BCUT2D eigenvalue weighted by molar-refractivity contribution is -0.144. The standard InChI is InChI=1S/C16H20F3NO4S/c1-8(2)24-13(22)7-25-12(16(17,18)19)6-11(21)14-9(3)5-10(4)20-15(14)23/h5,8,12H,6-7H2,1-4H3,(H,20,23)/t12-/m1/s1. The topological polar surface area (TPSA) is 76.2 Å². The number of carbonyl (C=O) groups excluding carboxylic acids is 2. The largest absolute Gasteiger partial charge is 0.462 e. The Morgan fingerprint density at radius 3 is 2.36 bits per heavy atom. The zero-order valence-corrected chi connectivity index (χ0v) is 15.1. The first-order valence-electron chi connectivity index (χ1n) is 7.53. The molecule has 5 nitrogen and oxygen atoms in total. The average Bonchev–Trinajstić information content (AvgIpc) is 2.40. The molecule has 1 atom stereocenters. The second-order valence-electron chi connectivity index (χ2n) is 5.85. The molecule has 140 valence electrons. The Kier molecular flexibility index (Phi) is 7.28. The quantitative estimate of drug-likeness (QED) is 0.582. The number of ether oxygens (including phenoxy) is 1. The Hall–Kier alpha value is -1.77. The molecule has 0 saturated carbocycles. The number of rotatable bonds is 7. The first-order valence-corrected chi connectivity index (χ1v) is 8.58. The smallest absolute Gasteiger partial charge is 0.401 e. The molecule has 0 fully saturated rings. The van der Waals surface area contributed by atoms with Gasteiger partial charge in [0.1, 0.15) is 5.25 Å². The molecule has 0 saturated heterocycles. The lowest BCUT2D eigenvalue weighted by atomic mass is 10.0. The number of pyridine rings is 1. The van der Waals surface area contributed by atoms with Gasteiger partial charge in [-0.3, -0.25) is 14.4 Å². The normalized spacial score (nSPS) is 13.0. The van der Waals surface area contributed by atoms with Crippen LogP contribution in [0.1, 0.15) is 41.9 Å². The van der Waals surface area contributed by atoms with Gasteiger partial charge in [-0.1, -0.05) is 0 Å². The van der Waals surface area contributed by atoms with Crippen molar-refractivity contribution in [3.8, 4) is 0 Å². The van der Waals surface area contributed by atoms with Gasteiger partial charge >= 0.3 is 12.1 Å². The van der Waals surface area contributed by atoms with E-state index in [1.807, 2.05) is 0 Å². The van der Waals surface area contributed by atoms with Gasteiger partial charge in [0.05, 0.1) is 17.4 Å². The lowest BCUT2D eigenvalue weighted by Crippen LogP contribution is -2.32. The van der Waals surface area contributed by atoms with Crippen molar-refractivity contribution >= 4 is 23.5 Å². The highest BCUT2D eigenvalue weighted by molar-refractivity contribution is 8.00. The Balaban J connectivity index is 2.91. The molecule has 1 rings (SSSR count). The van der Waals surface area contributed by atoms with Crippen LogP contribution in [-0.4, -0.2) is 40.0 Å². The third-order valence-electron chi connectivity index (χ3n) is 3.15. The molecule has 1 aromatic rings. The summed E-state index contributed by atoms with van der Waals surface area (Å²) in [5.41, 5.74) is -0.175. The summed E-state index contributed by atoms with van der Waals surface area (Å²) in [4.78, 5) is 38.0. The molecule has 1 N–H and O–H groups in total. The van der Waals surface area contributed by atoms with E-state index < -0.39 is 47.0 Å². The molecular formula is C16H20F3NO4S. The lowest BCUT2D eigenvalue weighted by Gasteiger charge is -2.19. The highest BCUT2D eigenvalue weighted by Crippen LogP contribution is 2.33. The number of hydrogen-bond acceptors (Lipinski definition) is 5. The molecule has 0 aliphatic carbocycles. The number of aryl methyl sites for hydroxylation is 2. The predicted octanol–water partition coefficient (Wildman–Crippen LogP) is 3.18. The summed E-state index contributed by atoms with van der Waals surface area (Å²) in [5.74, 6) is -2.23. The SMILES string of the molecule is Cc1cc(C)c(C(=O)C[C@@H](SCC(=O)OC(C)C)C(F)(F)F)c(=O)[nH]1. The van der Waals surface area contributed by atoms with Crippen LogP contribution in [0.5, 0.6) is 0 Å². The van der Waals surface area contributed by atoms with Gasteiger partial charge in [-0.2, -0.15) is 13.2 Å². The fraction of sp³-hybridized carbons (Fsp3) is 0.562. The highest BCUT2D eigenvalue weighted by atomic mass is 32.2. The minimum atomic E-state index is -4.69. The van der Waals surface area contributed by atoms with E-state index in [1.54, 1.807) is 20.8 Å². The van der Waals surface area contributed by atoms with Crippen LogP contribution in [-0.2, 0) is 9.53 Å². The van der Waals surface area contributed by atoms with Gasteiger partial charge in [0.2, 0.25) is 0 Å². The van der Waals surface area contributed by atoms with E-state index >= 15 is 0 Å². The Morgan fingerprint density at radius 1 is 1.28 bits per heavy atom. The predicted molar refractivity (Wildman–Crippen MR) is 89.0 cm³/mol. The van der Waals surface area contributed by atoms with Crippen molar-refractivity contribution in [2.75, 3.05) is 5.75 Å². The van der Waals surface area contributed by atoms with Gasteiger partial charge in [-0.25, -0.2) is 0 Å². The molecule has 9 heteroatoms. The minimum absolute atomic E-state index is 0.284. The fourth-order valence-corrected chi connectivity index (χ4v) is 3.07. The van der Waals surface area contributed by atoms with Crippen molar-refractivity contribution in [3.63, 3.8) is 0 Å². The van der Waals surface area contributed by atoms with Crippen LogP contribution in [0.15, 0.2) is 10.9 Å². The first kappa shape index (κ1) is 21.3. The Morgan fingerprint density at radius 2 is 1.88 bits per heavy atom. The number of halogens is 3. The number of hydrogen-bond donors (Lipinski definition) is 1. The molecular weight excluding hydrogens is 359 g/mol. The molecule has 0 amide bonds. The van der Waals surface area contributed by atoms with E-state index in [0.29, 0.717) is 11.3 Å².